The van der Waals surface area contributed by atoms with Gasteiger partial charge >= 0.3 is 0 Å². The van der Waals surface area contributed by atoms with Crippen LogP contribution in [-0.4, -0.2) is 55.3 Å². The first-order valence-electron chi connectivity index (χ1n) is 8.07. The third-order valence-electron chi connectivity index (χ3n) is 4.88. The highest BCUT2D eigenvalue weighted by atomic mass is 32.2. The zero-order chi connectivity index (χ0) is 14.2. The SMILES string of the molecule is CC1CCN(S(=O)(=O)N(CC2CCCN2)C2CC2)CC1. The fraction of sp³-hybridized carbons (Fsp3) is 1.00. The Labute approximate surface area is 122 Å². The van der Waals surface area contributed by atoms with Gasteiger partial charge in [0.05, 0.1) is 0 Å². The molecule has 0 aromatic carbocycles. The van der Waals surface area contributed by atoms with Gasteiger partial charge < -0.3 is 5.32 Å². The Morgan fingerprint density at radius 1 is 1.15 bits per heavy atom. The van der Waals surface area contributed by atoms with E-state index in [1.54, 1.807) is 8.61 Å². The summed E-state index contributed by atoms with van der Waals surface area (Å²) in [5.41, 5.74) is 0. The first-order chi connectivity index (χ1) is 9.57. The van der Waals surface area contributed by atoms with Crippen LogP contribution in [0.3, 0.4) is 0 Å². The van der Waals surface area contributed by atoms with Crippen LogP contribution in [0.5, 0.6) is 0 Å². The van der Waals surface area contributed by atoms with Gasteiger partial charge in [0.25, 0.3) is 10.2 Å². The van der Waals surface area contributed by atoms with Crippen molar-refractivity contribution in [2.45, 2.75) is 57.5 Å². The molecule has 3 aliphatic rings. The molecule has 1 aliphatic carbocycles. The maximum absolute atomic E-state index is 12.9. The molecule has 6 heteroatoms. The lowest BCUT2D eigenvalue weighted by Crippen LogP contribution is -2.51. The Bertz CT molecular complexity index is 422. The Kier molecular flexibility index (Phi) is 4.36. The Hall–Kier alpha value is -0.170. The van der Waals surface area contributed by atoms with Crippen LogP contribution in [0.4, 0.5) is 0 Å². The summed E-state index contributed by atoms with van der Waals surface area (Å²) in [5.74, 6) is 0.660. The van der Waals surface area contributed by atoms with Crippen LogP contribution >= 0.6 is 0 Å². The smallest absolute Gasteiger partial charge is 0.282 e. The topological polar surface area (TPSA) is 52.7 Å². The molecule has 3 rings (SSSR count). The maximum Gasteiger partial charge on any atom is 0.282 e. The summed E-state index contributed by atoms with van der Waals surface area (Å²) in [6.45, 7) is 5.31. The highest BCUT2D eigenvalue weighted by Crippen LogP contribution is 2.32. The molecule has 0 radical (unpaired) electrons. The highest BCUT2D eigenvalue weighted by molar-refractivity contribution is 7.86. The summed E-state index contributed by atoms with van der Waals surface area (Å²) in [6, 6.07) is 0.621. The molecule has 116 valence electrons. The predicted molar refractivity (Wildman–Crippen MR) is 79.6 cm³/mol. The molecule has 2 aliphatic heterocycles. The van der Waals surface area contributed by atoms with Crippen LogP contribution < -0.4 is 5.32 Å². The van der Waals surface area contributed by atoms with Gasteiger partial charge in [-0.15, -0.1) is 0 Å². The summed E-state index contributed by atoms with van der Waals surface area (Å²) in [7, 11) is -3.25. The summed E-state index contributed by atoms with van der Waals surface area (Å²) in [5, 5.41) is 3.43. The molecule has 0 amide bonds. The minimum atomic E-state index is -3.25. The quantitative estimate of drug-likeness (QED) is 0.829. The summed E-state index contributed by atoms with van der Waals surface area (Å²) in [6.07, 6.45) is 6.35. The van der Waals surface area contributed by atoms with Crippen LogP contribution in [0.25, 0.3) is 0 Å². The maximum atomic E-state index is 12.9. The Morgan fingerprint density at radius 3 is 2.40 bits per heavy atom. The molecule has 5 nitrogen and oxygen atoms in total. The molecule has 1 saturated carbocycles. The highest BCUT2D eigenvalue weighted by Gasteiger charge is 2.42. The van der Waals surface area contributed by atoms with E-state index >= 15 is 0 Å². The fourth-order valence-electron chi connectivity index (χ4n) is 3.29. The molecule has 1 N–H and O–H groups in total. The van der Waals surface area contributed by atoms with Crippen molar-refractivity contribution >= 4 is 10.2 Å². The minimum Gasteiger partial charge on any atom is -0.313 e. The minimum absolute atomic E-state index is 0.266. The lowest BCUT2D eigenvalue weighted by Gasteiger charge is -2.35. The molecule has 0 aromatic rings. The molecule has 1 atom stereocenters. The monoisotopic (exact) mass is 301 g/mol. The zero-order valence-electron chi connectivity index (χ0n) is 12.4. The molecule has 3 fully saturated rings. The first kappa shape index (κ1) is 14.8. The molecular formula is C14H27N3O2S. The second-order valence-corrected chi connectivity index (χ2v) is 8.56. The Morgan fingerprint density at radius 2 is 1.85 bits per heavy atom. The van der Waals surface area contributed by atoms with Crippen LogP contribution in [-0.2, 0) is 10.2 Å². The first-order valence-corrected chi connectivity index (χ1v) is 9.47. The van der Waals surface area contributed by atoms with Crippen LogP contribution in [0.1, 0.15) is 45.4 Å². The standard InChI is InChI=1S/C14H27N3O2S/c1-12-6-9-16(10-7-12)20(18,19)17(14-4-5-14)11-13-3-2-8-15-13/h12-15H,2-11H2,1H3. The number of nitrogens with zero attached hydrogens (tertiary/aromatic N) is 2. The van der Waals surface area contributed by atoms with Crippen molar-refractivity contribution in [3.8, 4) is 0 Å². The van der Waals surface area contributed by atoms with Gasteiger partial charge in [0.1, 0.15) is 0 Å². The summed E-state index contributed by atoms with van der Waals surface area (Å²) in [4.78, 5) is 0. The summed E-state index contributed by atoms with van der Waals surface area (Å²) < 4.78 is 29.3. The van der Waals surface area contributed by atoms with E-state index in [2.05, 4.69) is 12.2 Å². The van der Waals surface area contributed by atoms with Crippen molar-refractivity contribution in [1.82, 2.24) is 13.9 Å². The van der Waals surface area contributed by atoms with E-state index in [9.17, 15) is 8.42 Å². The van der Waals surface area contributed by atoms with Gasteiger partial charge in [-0.25, -0.2) is 0 Å². The normalized spacial score (nSPS) is 30.2. The molecule has 2 saturated heterocycles. The zero-order valence-corrected chi connectivity index (χ0v) is 13.2. The average molecular weight is 301 g/mol. The van der Waals surface area contributed by atoms with E-state index in [1.807, 2.05) is 0 Å². The van der Waals surface area contributed by atoms with Gasteiger partial charge in [0, 0.05) is 31.7 Å². The van der Waals surface area contributed by atoms with Crippen molar-refractivity contribution in [3.05, 3.63) is 0 Å². The van der Waals surface area contributed by atoms with Gasteiger partial charge in [0.2, 0.25) is 0 Å². The average Bonchev–Trinajstić information content (AvgIpc) is 3.12. The number of hydrogen-bond acceptors (Lipinski definition) is 3. The van der Waals surface area contributed by atoms with Crippen molar-refractivity contribution in [3.63, 3.8) is 0 Å². The van der Waals surface area contributed by atoms with Crippen molar-refractivity contribution in [1.29, 1.82) is 0 Å². The third-order valence-corrected chi connectivity index (χ3v) is 6.94. The molecular weight excluding hydrogens is 274 g/mol. The van der Waals surface area contributed by atoms with Gasteiger partial charge in [-0.2, -0.15) is 17.0 Å². The van der Waals surface area contributed by atoms with Crippen LogP contribution in [0.15, 0.2) is 0 Å². The number of rotatable bonds is 5. The number of piperidine rings is 1. The molecule has 0 spiro atoms. The van der Waals surface area contributed by atoms with Crippen molar-refractivity contribution < 1.29 is 8.42 Å². The van der Waals surface area contributed by atoms with E-state index in [-0.39, 0.29) is 6.04 Å². The third kappa shape index (κ3) is 3.18. The van der Waals surface area contributed by atoms with Crippen LogP contribution in [0.2, 0.25) is 0 Å². The van der Waals surface area contributed by atoms with Gasteiger partial charge in [0.15, 0.2) is 0 Å². The molecule has 2 heterocycles. The number of nitrogens with one attached hydrogen (secondary N) is 1. The van der Waals surface area contributed by atoms with Crippen molar-refractivity contribution in [2.75, 3.05) is 26.2 Å². The van der Waals surface area contributed by atoms with Gasteiger partial charge in [-0.05, 0) is 51.0 Å². The molecule has 1 unspecified atom stereocenters. The van der Waals surface area contributed by atoms with E-state index in [0.29, 0.717) is 31.6 Å². The Balaban J connectivity index is 1.68. The van der Waals surface area contributed by atoms with E-state index in [4.69, 9.17) is 0 Å². The lowest BCUT2D eigenvalue weighted by molar-refractivity contribution is 0.256. The lowest BCUT2D eigenvalue weighted by atomic mass is 10.0. The van der Waals surface area contributed by atoms with E-state index in [1.165, 1.54) is 6.42 Å². The summed E-state index contributed by atoms with van der Waals surface area (Å²) >= 11 is 0. The van der Waals surface area contributed by atoms with E-state index < -0.39 is 10.2 Å². The molecule has 0 aromatic heterocycles. The van der Waals surface area contributed by atoms with Crippen molar-refractivity contribution in [2.24, 2.45) is 5.92 Å². The predicted octanol–water partition coefficient (Wildman–Crippen LogP) is 1.18. The second-order valence-electron chi connectivity index (χ2n) is 6.68. The second kappa shape index (κ2) is 5.91. The van der Waals surface area contributed by atoms with Gasteiger partial charge in [-0.3, -0.25) is 0 Å². The fourth-order valence-corrected chi connectivity index (χ4v) is 5.21. The number of hydrogen-bond donors (Lipinski definition) is 1. The molecule has 0 bridgehead atoms. The van der Waals surface area contributed by atoms with Gasteiger partial charge in [-0.1, -0.05) is 6.92 Å². The largest absolute Gasteiger partial charge is 0.313 e. The molecule has 20 heavy (non-hydrogen) atoms. The van der Waals surface area contributed by atoms with E-state index in [0.717, 1.165) is 38.6 Å². The van der Waals surface area contributed by atoms with Crippen LogP contribution in [0, 0.1) is 5.92 Å².